The largest absolute Gasteiger partial charge is 0.446 e. The topological polar surface area (TPSA) is 80.0 Å². The van der Waals surface area contributed by atoms with Crippen molar-refractivity contribution in [2.24, 2.45) is 0 Å². The molecule has 4 rings (SSSR count). The predicted octanol–water partition coefficient (Wildman–Crippen LogP) is 6.73. The maximum atomic E-state index is 12.4. The van der Waals surface area contributed by atoms with Crippen molar-refractivity contribution in [1.29, 1.82) is 0 Å². The predicted molar refractivity (Wildman–Crippen MR) is 116 cm³/mol. The second-order valence-corrected chi connectivity index (χ2v) is 8.66. The SMILES string of the molecule is O=C(Nc1ccc(C2CCCCC2)cc1)c1nnc(Nc2ccc(SC(F)(F)F)cc2)o1. The van der Waals surface area contributed by atoms with Crippen LogP contribution in [0, 0.1) is 0 Å². The van der Waals surface area contributed by atoms with Gasteiger partial charge in [-0.05, 0) is 72.5 Å². The van der Waals surface area contributed by atoms with Crippen molar-refractivity contribution in [3.05, 3.63) is 60.0 Å². The van der Waals surface area contributed by atoms with Gasteiger partial charge < -0.3 is 15.1 Å². The van der Waals surface area contributed by atoms with Crippen LogP contribution in [-0.4, -0.2) is 21.6 Å². The number of thioether (sulfide) groups is 1. The molecule has 1 saturated carbocycles. The highest BCUT2D eigenvalue weighted by molar-refractivity contribution is 8.00. The first-order chi connectivity index (χ1) is 15.4. The summed E-state index contributed by atoms with van der Waals surface area (Å²) in [6.45, 7) is 0. The molecule has 168 valence electrons. The van der Waals surface area contributed by atoms with Crippen LogP contribution in [0.4, 0.5) is 30.6 Å². The van der Waals surface area contributed by atoms with E-state index < -0.39 is 11.4 Å². The first-order valence-corrected chi connectivity index (χ1v) is 11.0. The van der Waals surface area contributed by atoms with Gasteiger partial charge in [-0.2, -0.15) is 13.2 Å². The Balaban J connectivity index is 1.33. The summed E-state index contributed by atoms with van der Waals surface area (Å²) in [5, 5.41) is 13.0. The normalized spacial score (nSPS) is 14.8. The first kappa shape index (κ1) is 22.2. The van der Waals surface area contributed by atoms with Gasteiger partial charge in [0.2, 0.25) is 0 Å². The van der Waals surface area contributed by atoms with Gasteiger partial charge in [0.1, 0.15) is 0 Å². The van der Waals surface area contributed by atoms with E-state index in [9.17, 15) is 18.0 Å². The molecule has 0 bridgehead atoms. The molecule has 32 heavy (non-hydrogen) atoms. The van der Waals surface area contributed by atoms with Gasteiger partial charge in [0.05, 0.1) is 0 Å². The minimum atomic E-state index is -4.35. The van der Waals surface area contributed by atoms with E-state index in [1.165, 1.54) is 61.9 Å². The van der Waals surface area contributed by atoms with Crippen molar-refractivity contribution in [2.75, 3.05) is 10.6 Å². The molecule has 2 aromatic carbocycles. The van der Waals surface area contributed by atoms with Gasteiger partial charge in [0.15, 0.2) is 0 Å². The zero-order valence-corrected chi connectivity index (χ0v) is 17.8. The van der Waals surface area contributed by atoms with Crippen molar-refractivity contribution in [2.45, 2.75) is 48.4 Å². The van der Waals surface area contributed by atoms with Crippen LogP contribution in [0.15, 0.2) is 57.8 Å². The fourth-order valence-electron chi connectivity index (χ4n) is 3.69. The number of nitrogens with zero attached hydrogens (tertiary/aromatic N) is 2. The minimum absolute atomic E-state index is 0.0426. The van der Waals surface area contributed by atoms with Gasteiger partial charge >= 0.3 is 23.3 Å². The number of alkyl halides is 3. The third kappa shape index (κ3) is 6.03. The smallest absolute Gasteiger partial charge is 0.399 e. The number of amides is 1. The van der Waals surface area contributed by atoms with Crippen LogP contribution >= 0.6 is 11.8 Å². The number of hydrogen-bond acceptors (Lipinski definition) is 6. The standard InChI is InChI=1S/C22H21F3N4O2S/c23-22(24,25)32-18-12-10-17(11-13-18)27-21-29-28-20(31-21)19(30)26-16-8-6-15(7-9-16)14-4-2-1-3-5-14/h6-14H,1-5H2,(H,26,30)(H,27,29). The molecule has 0 atom stereocenters. The molecule has 0 saturated heterocycles. The number of benzene rings is 2. The fraction of sp³-hybridized carbons (Fsp3) is 0.318. The highest BCUT2D eigenvalue weighted by Crippen LogP contribution is 2.37. The van der Waals surface area contributed by atoms with E-state index in [0.717, 1.165) is 0 Å². The number of anilines is 3. The molecule has 1 aliphatic carbocycles. The van der Waals surface area contributed by atoms with E-state index in [2.05, 4.69) is 20.8 Å². The van der Waals surface area contributed by atoms with Crippen molar-refractivity contribution in [3.8, 4) is 0 Å². The Morgan fingerprint density at radius 1 is 0.938 bits per heavy atom. The van der Waals surface area contributed by atoms with Crippen LogP contribution in [0.5, 0.6) is 0 Å². The Bertz CT molecular complexity index is 1050. The Morgan fingerprint density at radius 3 is 2.25 bits per heavy atom. The van der Waals surface area contributed by atoms with E-state index in [-0.39, 0.29) is 28.6 Å². The molecule has 1 amide bonds. The molecule has 0 unspecified atom stereocenters. The number of rotatable bonds is 6. The van der Waals surface area contributed by atoms with Gasteiger partial charge in [-0.25, -0.2) is 0 Å². The molecule has 0 radical (unpaired) electrons. The van der Waals surface area contributed by atoms with Crippen molar-refractivity contribution in [1.82, 2.24) is 10.2 Å². The second kappa shape index (κ2) is 9.64. The van der Waals surface area contributed by atoms with Crippen LogP contribution in [-0.2, 0) is 0 Å². The lowest BCUT2D eigenvalue weighted by Gasteiger charge is -2.22. The molecular weight excluding hydrogens is 441 g/mol. The van der Waals surface area contributed by atoms with E-state index in [4.69, 9.17) is 4.42 Å². The summed E-state index contributed by atoms with van der Waals surface area (Å²) in [5.41, 5.74) is -1.99. The maximum absolute atomic E-state index is 12.4. The van der Waals surface area contributed by atoms with Crippen LogP contribution in [0.1, 0.15) is 54.3 Å². The molecule has 3 aromatic rings. The van der Waals surface area contributed by atoms with Gasteiger partial charge in [-0.15, -0.1) is 5.10 Å². The molecule has 1 aliphatic rings. The molecule has 0 spiro atoms. The first-order valence-electron chi connectivity index (χ1n) is 10.2. The quantitative estimate of drug-likeness (QED) is 0.396. The molecular formula is C22H21F3N4O2S. The average molecular weight is 462 g/mol. The zero-order valence-electron chi connectivity index (χ0n) is 17.0. The fourth-order valence-corrected chi connectivity index (χ4v) is 4.23. The molecule has 2 N–H and O–H groups in total. The minimum Gasteiger partial charge on any atom is -0.399 e. The summed E-state index contributed by atoms with van der Waals surface area (Å²) in [6.07, 6.45) is 6.22. The highest BCUT2D eigenvalue weighted by Gasteiger charge is 2.29. The third-order valence-corrected chi connectivity index (χ3v) is 5.94. The monoisotopic (exact) mass is 462 g/mol. The molecule has 1 aromatic heterocycles. The van der Waals surface area contributed by atoms with Gasteiger partial charge in [-0.1, -0.05) is 36.5 Å². The summed E-state index contributed by atoms with van der Waals surface area (Å²) in [7, 11) is 0. The Kier molecular flexibility index (Phi) is 6.69. The van der Waals surface area contributed by atoms with Crippen LogP contribution in [0.2, 0.25) is 0 Å². The Labute approximate surface area is 187 Å². The van der Waals surface area contributed by atoms with Crippen molar-refractivity contribution < 1.29 is 22.4 Å². The third-order valence-electron chi connectivity index (χ3n) is 5.20. The van der Waals surface area contributed by atoms with E-state index in [1.54, 1.807) is 0 Å². The lowest BCUT2D eigenvalue weighted by atomic mass is 9.84. The number of hydrogen-bond donors (Lipinski definition) is 2. The van der Waals surface area contributed by atoms with Crippen LogP contribution in [0.3, 0.4) is 0 Å². The highest BCUT2D eigenvalue weighted by atomic mass is 32.2. The van der Waals surface area contributed by atoms with E-state index in [1.807, 2.05) is 24.3 Å². The van der Waals surface area contributed by atoms with Gasteiger partial charge in [0.25, 0.3) is 0 Å². The average Bonchev–Trinajstić information content (AvgIpc) is 3.24. The summed E-state index contributed by atoms with van der Waals surface area (Å²) in [5.74, 6) is -0.194. The lowest BCUT2D eigenvalue weighted by Crippen LogP contribution is -2.12. The lowest BCUT2D eigenvalue weighted by molar-refractivity contribution is -0.0328. The van der Waals surface area contributed by atoms with Crippen molar-refractivity contribution >= 4 is 35.1 Å². The van der Waals surface area contributed by atoms with Crippen LogP contribution in [0.25, 0.3) is 0 Å². The summed E-state index contributed by atoms with van der Waals surface area (Å²) >= 11 is -0.199. The second-order valence-electron chi connectivity index (χ2n) is 7.52. The number of halogens is 3. The summed E-state index contributed by atoms with van der Waals surface area (Å²) in [4.78, 5) is 12.5. The van der Waals surface area contributed by atoms with Gasteiger partial charge in [-0.3, -0.25) is 4.79 Å². The molecule has 0 aliphatic heterocycles. The van der Waals surface area contributed by atoms with E-state index >= 15 is 0 Å². The molecule has 1 heterocycles. The Hall–Kier alpha value is -3.01. The van der Waals surface area contributed by atoms with E-state index in [0.29, 0.717) is 17.3 Å². The number of aromatic nitrogens is 2. The maximum Gasteiger partial charge on any atom is 0.446 e. The number of carbonyl (C=O) groups excluding carboxylic acids is 1. The summed E-state index contributed by atoms with van der Waals surface area (Å²) in [6, 6.07) is 13.3. The molecule has 6 nitrogen and oxygen atoms in total. The molecule has 1 fully saturated rings. The zero-order chi connectivity index (χ0) is 22.6. The van der Waals surface area contributed by atoms with Gasteiger partial charge in [0, 0.05) is 16.3 Å². The van der Waals surface area contributed by atoms with Crippen LogP contribution < -0.4 is 10.6 Å². The molecule has 10 heteroatoms. The Morgan fingerprint density at radius 2 is 1.59 bits per heavy atom. The number of nitrogens with one attached hydrogen (secondary N) is 2. The number of carbonyl (C=O) groups is 1. The van der Waals surface area contributed by atoms with Crippen molar-refractivity contribution in [3.63, 3.8) is 0 Å². The summed E-state index contributed by atoms with van der Waals surface area (Å²) < 4.78 is 42.5.